The molecule has 2 heterocycles. The first-order valence-electron chi connectivity index (χ1n) is 7.08. The van der Waals surface area contributed by atoms with Crippen LogP contribution in [0.15, 0.2) is 17.5 Å². The highest BCUT2D eigenvalue weighted by Gasteiger charge is 2.35. The molecular weight excluding hydrogens is 304 g/mol. The molecule has 0 bridgehead atoms. The van der Waals surface area contributed by atoms with Gasteiger partial charge >= 0.3 is 0 Å². The van der Waals surface area contributed by atoms with Gasteiger partial charge in [0.2, 0.25) is 0 Å². The van der Waals surface area contributed by atoms with Crippen molar-refractivity contribution in [1.29, 1.82) is 0 Å². The summed E-state index contributed by atoms with van der Waals surface area (Å²) in [7, 11) is 0. The summed E-state index contributed by atoms with van der Waals surface area (Å²) in [5, 5.41) is 15.5. The Kier molecular flexibility index (Phi) is 4.10. The Hall–Kier alpha value is -1.24. The number of hydrogen-bond acceptors (Lipinski definition) is 5. The van der Waals surface area contributed by atoms with Crippen molar-refractivity contribution in [2.45, 2.75) is 38.1 Å². The number of hydrogen-bond donors (Lipinski definition) is 2. The number of aliphatic hydroxyl groups is 1. The molecule has 0 aliphatic heterocycles. The zero-order valence-electron chi connectivity index (χ0n) is 11.9. The van der Waals surface area contributed by atoms with Gasteiger partial charge in [-0.15, -0.1) is 22.7 Å². The fourth-order valence-electron chi connectivity index (χ4n) is 2.78. The van der Waals surface area contributed by atoms with Crippen LogP contribution < -0.4 is 5.32 Å². The van der Waals surface area contributed by atoms with Gasteiger partial charge in [0.25, 0.3) is 5.91 Å². The first-order chi connectivity index (χ1) is 10.1. The molecule has 2 N–H and O–H groups in total. The van der Waals surface area contributed by atoms with Crippen molar-refractivity contribution in [2.24, 2.45) is 0 Å². The van der Waals surface area contributed by atoms with Crippen LogP contribution in [-0.4, -0.2) is 28.1 Å². The summed E-state index contributed by atoms with van der Waals surface area (Å²) in [6, 6.07) is 3.99. The van der Waals surface area contributed by atoms with E-state index in [-0.39, 0.29) is 12.5 Å². The molecule has 0 aromatic carbocycles. The third-order valence-electron chi connectivity index (χ3n) is 3.98. The van der Waals surface area contributed by atoms with Gasteiger partial charge in [-0.05, 0) is 31.2 Å². The van der Waals surface area contributed by atoms with Gasteiger partial charge in [0.1, 0.15) is 9.88 Å². The van der Waals surface area contributed by atoms with Crippen molar-refractivity contribution in [3.63, 3.8) is 0 Å². The third-order valence-corrected chi connectivity index (χ3v) is 6.17. The smallest absolute Gasteiger partial charge is 0.263 e. The van der Waals surface area contributed by atoms with E-state index in [2.05, 4.69) is 10.3 Å². The number of aryl methyl sites for hydroxylation is 1. The molecule has 3 rings (SSSR count). The highest BCUT2D eigenvalue weighted by molar-refractivity contribution is 7.22. The molecule has 1 saturated carbocycles. The highest BCUT2D eigenvalue weighted by Crippen LogP contribution is 2.33. The van der Waals surface area contributed by atoms with E-state index >= 15 is 0 Å². The quantitative estimate of drug-likeness (QED) is 0.908. The summed E-state index contributed by atoms with van der Waals surface area (Å²) in [5.74, 6) is -0.108. The largest absolute Gasteiger partial charge is 0.394 e. The Labute approximate surface area is 131 Å². The van der Waals surface area contributed by atoms with E-state index < -0.39 is 5.54 Å². The van der Waals surface area contributed by atoms with Crippen molar-refractivity contribution in [2.75, 3.05) is 6.61 Å². The monoisotopic (exact) mass is 322 g/mol. The number of amides is 1. The van der Waals surface area contributed by atoms with Gasteiger partial charge in [0, 0.05) is 0 Å². The van der Waals surface area contributed by atoms with Crippen LogP contribution in [0, 0.1) is 6.92 Å². The summed E-state index contributed by atoms with van der Waals surface area (Å²) < 4.78 is 0. The molecule has 0 unspecified atom stereocenters. The van der Waals surface area contributed by atoms with Crippen LogP contribution in [0.1, 0.15) is 41.0 Å². The van der Waals surface area contributed by atoms with Crippen LogP contribution in [0.25, 0.3) is 9.88 Å². The van der Waals surface area contributed by atoms with Gasteiger partial charge in [0.05, 0.1) is 22.7 Å². The fourth-order valence-corrected chi connectivity index (χ4v) is 4.54. The van der Waals surface area contributed by atoms with E-state index in [9.17, 15) is 9.90 Å². The highest BCUT2D eigenvalue weighted by atomic mass is 32.1. The summed E-state index contributed by atoms with van der Waals surface area (Å²) in [6.45, 7) is 1.87. The Morgan fingerprint density at radius 3 is 2.86 bits per heavy atom. The third kappa shape index (κ3) is 2.88. The molecular formula is C15H18N2O2S2. The van der Waals surface area contributed by atoms with Crippen molar-refractivity contribution in [3.8, 4) is 9.88 Å². The number of nitrogens with zero attached hydrogens (tertiary/aromatic N) is 1. The topological polar surface area (TPSA) is 62.2 Å². The average molecular weight is 322 g/mol. The number of nitrogens with one attached hydrogen (secondary N) is 1. The second kappa shape index (κ2) is 5.87. The Bertz CT molecular complexity index is 628. The Morgan fingerprint density at radius 2 is 2.24 bits per heavy atom. The first-order valence-corrected chi connectivity index (χ1v) is 8.78. The molecule has 1 aliphatic carbocycles. The van der Waals surface area contributed by atoms with E-state index in [1.165, 1.54) is 11.3 Å². The van der Waals surface area contributed by atoms with E-state index in [4.69, 9.17) is 0 Å². The normalized spacial score (nSPS) is 17.0. The van der Waals surface area contributed by atoms with Crippen LogP contribution in [0.4, 0.5) is 0 Å². The van der Waals surface area contributed by atoms with Gasteiger partial charge in [-0.25, -0.2) is 4.98 Å². The zero-order valence-corrected chi connectivity index (χ0v) is 13.5. The molecule has 1 aliphatic rings. The molecule has 1 amide bonds. The van der Waals surface area contributed by atoms with E-state index in [0.717, 1.165) is 41.3 Å². The van der Waals surface area contributed by atoms with Gasteiger partial charge in [-0.3, -0.25) is 4.79 Å². The lowest BCUT2D eigenvalue weighted by Crippen LogP contribution is -2.49. The molecule has 0 spiro atoms. The van der Waals surface area contributed by atoms with E-state index in [1.54, 1.807) is 11.3 Å². The minimum Gasteiger partial charge on any atom is -0.394 e. The van der Waals surface area contributed by atoms with Crippen LogP contribution in [0.2, 0.25) is 0 Å². The molecule has 0 saturated heterocycles. The summed E-state index contributed by atoms with van der Waals surface area (Å²) in [6.07, 6.45) is 3.82. The average Bonchev–Trinajstić information content (AvgIpc) is 3.18. The van der Waals surface area contributed by atoms with Crippen LogP contribution in [0.5, 0.6) is 0 Å². The Balaban J connectivity index is 1.82. The minimum absolute atomic E-state index is 0.00831. The maximum absolute atomic E-state index is 12.5. The minimum atomic E-state index is -0.434. The fraction of sp³-hybridized carbons (Fsp3) is 0.467. The molecule has 2 aromatic heterocycles. The lowest BCUT2D eigenvalue weighted by molar-refractivity contribution is 0.0842. The second-order valence-electron chi connectivity index (χ2n) is 5.51. The van der Waals surface area contributed by atoms with Gasteiger partial charge in [-0.2, -0.15) is 0 Å². The standard InChI is InChI=1S/C15H18N2O2S2/c1-10-12(21-14(16-10)11-5-4-8-20-11)13(19)17-15(9-18)6-2-3-7-15/h4-5,8,18H,2-3,6-7,9H2,1H3,(H,17,19). The molecule has 2 aromatic rings. The number of carbonyl (C=O) groups is 1. The van der Waals surface area contributed by atoms with Gasteiger partial charge < -0.3 is 10.4 Å². The Morgan fingerprint density at radius 1 is 1.48 bits per heavy atom. The predicted molar refractivity (Wildman–Crippen MR) is 85.9 cm³/mol. The number of aliphatic hydroxyl groups excluding tert-OH is 1. The van der Waals surface area contributed by atoms with Crippen molar-refractivity contribution in [3.05, 3.63) is 28.1 Å². The number of thiophene rings is 1. The summed E-state index contributed by atoms with van der Waals surface area (Å²) in [5.41, 5.74) is 0.323. The molecule has 1 fully saturated rings. The lowest BCUT2D eigenvalue weighted by Gasteiger charge is -2.27. The van der Waals surface area contributed by atoms with Crippen molar-refractivity contribution >= 4 is 28.6 Å². The molecule has 21 heavy (non-hydrogen) atoms. The molecule has 112 valence electrons. The molecule has 4 nitrogen and oxygen atoms in total. The van der Waals surface area contributed by atoms with Gasteiger partial charge in [0.15, 0.2) is 0 Å². The van der Waals surface area contributed by atoms with Crippen molar-refractivity contribution in [1.82, 2.24) is 10.3 Å². The molecule has 6 heteroatoms. The number of aromatic nitrogens is 1. The van der Waals surface area contributed by atoms with E-state index in [0.29, 0.717) is 4.88 Å². The number of thiazole rings is 1. The van der Waals surface area contributed by atoms with Crippen LogP contribution in [0.3, 0.4) is 0 Å². The maximum atomic E-state index is 12.5. The number of rotatable bonds is 4. The maximum Gasteiger partial charge on any atom is 0.263 e. The van der Waals surface area contributed by atoms with E-state index in [1.807, 2.05) is 24.4 Å². The summed E-state index contributed by atoms with van der Waals surface area (Å²) in [4.78, 5) is 18.8. The van der Waals surface area contributed by atoms with Crippen molar-refractivity contribution < 1.29 is 9.90 Å². The van der Waals surface area contributed by atoms with Crippen LogP contribution in [-0.2, 0) is 0 Å². The predicted octanol–water partition coefficient (Wildman–Crippen LogP) is 3.21. The molecule has 0 radical (unpaired) electrons. The SMILES string of the molecule is Cc1nc(-c2cccs2)sc1C(=O)NC1(CO)CCCC1. The lowest BCUT2D eigenvalue weighted by atomic mass is 9.99. The number of carbonyl (C=O) groups excluding carboxylic acids is 1. The summed E-state index contributed by atoms with van der Waals surface area (Å²) >= 11 is 3.05. The first kappa shape index (κ1) is 14.7. The van der Waals surface area contributed by atoms with Gasteiger partial charge in [-0.1, -0.05) is 18.9 Å². The second-order valence-corrected chi connectivity index (χ2v) is 7.46. The molecule has 0 atom stereocenters. The zero-order chi connectivity index (χ0) is 14.9. The van der Waals surface area contributed by atoms with Crippen LogP contribution >= 0.6 is 22.7 Å².